The minimum Gasteiger partial charge on any atom is -0.429 e. The zero-order valence-electron chi connectivity index (χ0n) is 22.8. The topological polar surface area (TPSA) is 35.0 Å². The maximum absolute atomic E-state index is 15.0. The van der Waals surface area contributed by atoms with E-state index >= 15 is 0 Å². The third-order valence-electron chi connectivity index (χ3n) is 6.72. The van der Waals surface area contributed by atoms with E-state index in [1.165, 1.54) is 60.7 Å². The molecule has 0 aliphatic carbocycles. The molecule has 0 N–H and O–H groups in total. The SMILES string of the molecule is C/C=C/CCc1cnc(-c2ccc(C(F)(F)Oc3ccc(-c4ccc(-c5cc(F)c(F)c(F)c5)c(F)c4)cc3)cc2)nc1. The summed E-state index contributed by atoms with van der Waals surface area (Å²) in [6.45, 7) is 1.95. The normalized spacial score (nSPS) is 11.7. The number of nitrogens with zero attached hydrogens (tertiary/aromatic N) is 2. The third-order valence-corrected chi connectivity index (χ3v) is 6.72. The van der Waals surface area contributed by atoms with Gasteiger partial charge in [0.2, 0.25) is 0 Å². The lowest BCUT2D eigenvalue weighted by molar-refractivity contribution is -0.185. The summed E-state index contributed by atoms with van der Waals surface area (Å²) in [6, 6.07) is 16.4. The summed E-state index contributed by atoms with van der Waals surface area (Å²) >= 11 is 0. The molecule has 3 nitrogen and oxygen atoms in total. The zero-order chi connectivity index (χ0) is 30.6. The molecule has 1 aromatic heterocycles. The molecular weight excluding hydrogens is 566 g/mol. The molecule has 4 aromatic carbocycles. The van der Waals surface area contributed by atoms with Crippen molar-refractivity contribution in [1.29, 1.82) is 0 Å². The van der Waals surface area contributed by atoms with Crippen LogP contribution < -0.4 is 4.74 Å². The standard InChI is InChI=1S/C34H24F6N2O/c1-2-3-4-5-21-19-41-33(42-20-21)23-6-11-26(12-7-23)34(39,40)43-27-13-8-22(9-14-27)24-10-15-28(29(35)16-24)25-17-30(36)32(38)31(37)18-25/h2-3,6-20H,4-5H2,1H3/b3-2+. The average molecular weight is 591 g/mol. The monoisotopic (exact) mass is 590 g/mol. The second kappa shape index (κ2) is 12.5. The van der Waals surface area contributed by atoms with Crippen LogP contribution in [0.5, 0.6) is 5.75 Å². The lowest BCUT2D eigenvalue weighted by atomic mass is 9.99. The first-order valence-electron chi connectivity index (χ1n) is 13.3. The smallest absolute Gasteiger partial charge is 0.426 e. The highest BCUT2D eigenvalue weighted by Gasteiger charge is 2.34. The molecule has 0 aliphatic rings. The van der Waals surface area contributed by atoms with E-state index in [4.69, 9.17) is 4.74 Å². The molecule has 0 aliphatic heterocycles. The van der Waals surface area contributed by atoms with Crippen molar-refractivity contribution in [3.8, 4) is 39.4 Å². The predicted octanol–water partition coefficient (Wildman–Crippen LogP) is 9.67. The van der Waals surface area contributed by atoms with Crippen LogP contribution in [0.4, 0.5) is 26.3 Å². The lowest BCUT2D eigenvalue weighted by Gasteiger charge is -2.19. The fourth-order valence-electron chi connectivity index (χ4n) is 4.43. The Hall–Kier alpha value is -4.92. The number of rotatable bonds is 9. The molecule has 43 heavy (non-hydrogen) atoms. The van der Waals surface area contributed by atoms with E-state index in [1.54, 1.807) is 12.4 Å². The van der Waals surface area contributed by atoms with Crippen LogP contribution >= 0.6 is 0 Å². The van der Waals surface area contributed by atoms with E-state index < -0.39 is 29.4 Å². The maximum Gasteiger partial charge on any atom is 0.426 e. The second-order valence-electron chi connectivity index (χ2n) is 9.69. The Bertz CT molecular complexity index is 1730. The van der Waals surface area contributed by atoms with Crippen LogP contribution in [0.2, 0.25) is 0 Å². The fourth-order valence-corrected chi connectivity index (χ4v) is 4.43. The first kappa shape index (κ1) is 29.6. The van der Waals surface area contributed by atoms with Crippen molar-refractivity contribution in [3.63, 3.8) is 0 Å². The van der Waals surface area contributed by atoms with E-state index in [9.17, 15) is 26.3 Å². The zero-order valence-corrected chi connectivity index (χ0v) is 22.8. The third kappa shape index (κ3) is 6.77. The molecule has 1 heterocycles. The minimum atomic E-state index is -3.65. The molecule has 5 aromatic rings. The number of hydrogen-bond acceptors (Lipinski definition) is 3. The lowest BCUT2D eigenvalue weighted by Crippen LogP contribution is -2.21. The summed E-state index contributed by atoms with van der Waals surface area (Å²) in [4.78, 5) is 8.67. The summed E-state index contributed by atoms with van der Waals surface area (Å²) < 4.78 is 90.2. The molecule has 0 bridgehead atoms. The Balaban J connectivity index is 1.26. The van der Waals surface area contributed by atoms with Crippen molar-refractivity contribution in [2.24, 2.45) is 0 Å². The summed E-state index contributed by atoms with van der Waals surface area (Å²) in [5.41, 5.74) is 1.76. The molecule has 0 unspecified atom stereocenters. The van der Waals surface area contributed by atoms with Gasteiger partial charge in [0, 0.05) is 23.5 Å². The largest absolute Gasteiger partial charge is 0.429 e. The molecule has 0 fully saturated rings. The number of benzene rings is 4. The highest BCUT2D eigenvalue weighted by atomic mass is 19.3. The van der Waals surface area contributed by atoms with Crippen LogP contribution in [-0.4, -0.2) is 9.97 Å². The summed E-state index contributed by atoms with van der Waals surface area (Å²) in [7, 11) is 0. The Morgan fingerprint density at radius 2 is 1.28 bits per heavy atom. The summed E-state index contributed by atoms with van der Waals surface area (Å²) in [5, 5.41) is 0. The van der Waals surface area contributed by atoms with Crippen molar-refractivity contribution in [3.05, 3.63) is 138 Å². The Morgan fingerprint density at radius 1 is 0.698 bits per heavy atom. The van der Waals surface area contributed by atoms with Gasteiger partial charge in [-0.15, -0.1) is 0 Å². The van der Waals surface area contributed by atoms with Gasteiger partial charge in [0.05, 0.1) is 5.56 Å². The van der Waals surface area contributed by atoms with Crippen molar-refractivity contribution >= 4 is 0 Å². The second-order valence-corrected chi connectivity index (χ2v) is 9.69. The molecule has 0 saturated carbocycles. The number of aromatic nitrogens is 2. The van der Waals surface area contributed by atoms with E-state index in [0.717, 1.165) is 24.5 Å². The van der Waals surface area contributed by atoms with Gasteiger partial charge in [0.25, 0.3) is 0 Å². The van der Waals surface area contributed by atoms with Crippen LogP contribution in [0.1, 0.15) is 24.5 Å². The minimum absolute atomic E-state index is 0.121. The fraction of sp³-hybridized carbons (Fsp3) is 0.118. The summed E-state index contributed by atoms with van der Waals surface area (Å²) in [5.74, 6) is -5.01. The summed E-state index contributed by atoms with van der Waals surface area (Å²) in [6.07, 6.45) is 5.50. The predicted molar refractivity (Wildman–Crippen MR) is 152 cm³/mol. The van der Waals surface area contributed by atoms with Crippen LogP contribution in [0.25, 0.3) is 33.6 Å². The quantitative estimate of drug-likeness (QED) is 0.0974. The van der Waals surface area contributed by atoms with Gasteiger partial charge >= 0.3 is 6.11 Å². The van der Waals surface area contributed by atoms with Crippen molar-refractivity contribution in [2.75, 3.05) is 0 Å². The van der Waals surface area contributed by atoms with E-state index in [-0.39, 0.29) is 22.4 Å². The van der Waals surface area contributed by atoms with E-state index in [2.05, 4.69) is 16.0 Å². The molecular formula is C34H24F6N2O. The maximum atomic E-state index is 15.0. The van der Waals surface area contributed by atoms with Gasteiger partial charge in [0.1, 0.15) is 11.6 Å². The number of allylic oxidation sites excluding steroid dienone is 2. The number of ether oxygens (including phenoxy) is 1. The first-order valence-corrected chi connectivity index (χ1v) is 13.3. The van der Waals surface area contributed by atoms with Crippen molar-refractivity contribution in [2.45, 2.75) is 25.9 Å². The Morgan fingerprint density at radius 3 is 1.88 bits per heavy atom. The van der Waals surface area contributed by atoms with Crippen LogP contribution in [-0.2, 0) is 12.5 Å². The van der Waals surface area contributed by atoms with Gasteiger partial charge in [-0.2, -0.15) is 8.78 Å². The van der Waals surface area contributed by atoms with Gasteiger partial charge in [-0.1, -0.05) is 48.6 Å². The highest BCUT2D eigenvalue weighted by molar-refractivity contribution is 5.71. The number of alkyl halides is 2. The molecule has 0 saturated heterocycles. The van der Waals surface area contributed by atoms with Gasteiger partial charge in [-0.3, -0.25) is 0 Å². The molecule has 0 spiro atoms. The van der Waals surface area contributed by atoms with Crippen LogP contribution in [0.3, 0.4) is 0 Å². The molecule has 0 atom stereocenters. The molecule has 9 heteroatoms. The van der Waals surface area contributed by atoms with Gasteiger partial charge in [-0.25, -0.2) is 27.5 Å². The van der Waals surface area contributed by atoms with E-state index in [1.807, 2.05) is 13.0 Å². The Kier molecular flexibility index (Phi) is 8.61. The van der Waals surface area contributed by atoms with Crippen LogP contribution in [0.15, 0.2) is 103 Å². The molecule has 0 amide bonds. The van der Waals surface area contributed by atoms with Crippen LogP contribution in [0, 0.1) is 23.3 Å². The molecule has 5 rings (SSSR count). The Labute approximate surface area is 244 Å². The molecule has 0 radical (unpaired) electrons. The average Bonchev–Trinajstić information content (AvgIpc) is 3.00. The van der Waals surface area contributed by atoms with E-state index in [0.29, 0.717) is 34.6 Å². The van der Waals surface area contributed by atoms with Gasteiger partial charge in [-0.05, 0) is 84.5 Å². The molecule has 218 valence electrons. The number of hydrogen-bond donors (Lipinski definition) is 0. The highest BCUT2D eigenvalue weighted by Crippen LogP contribution is 2.35. The van der Waals surface area contributed by atoms with Crippen molar-refractivity contribution in [1.82, 2.24) is 9.97 Å². The van der Waals surface area contributed by atoms with Gasteiger partial charge < -0.3 is 4.74 Å². The number of aryl methyl sites for hydroxylation is 1. The van der Waals surface area contributed by atoms with Crippen molar-refractivity contribution < 1.29 is 31.1 Å². The first-order chi connectivity index (χ1) is 20.6. The van der Waals surface area contributed by atoms with Gasteiger partial charge in [0.15, 0.2) is 23.3 Å². The number of halogens is 6.